The molecule has 10 rings (SSSR count). The summed E-state index contributed by atoms with van der Waals surface area (Å²) >= 11 is 0. The van der Waals surface area contributed by atoms with Gasteiger partial charge < -0.3 is 8.83 Å². The van der Waals surface area contributed by atoms with Gasteiger partial charge >= 0.3 is 0 Å². The van der Waals surface area contributed by atoms with E-state index in [1.165, 1.54) is 0 Å². The quantitative estimate of drug-likeness (QED) is 0.182. The van der Waals surface area contributed by atoms with Gasteiger partial charge in [-0.05, 0) is 64.7 Å². The summed E-state index contributed by atoms with van der Waals surface area (Å²) in [4.78, 5) is 15.4. The molecule has 0 saturated carbocycles. The largest absolute Gasteiger partial charge is 0.456 e. The molecule has 0 fully saturated rings. The molecule has 6 heteroatoms. The van der Waals surface area contributed by atoms with E-state index in [1.807, 2.05) is 103 Å². The normalized spacial score (nSPS) is 11.4. The van der Waals surface area contributed by atoms with Crippen LogP contribution in [0.4, 0.5) is 0 Å². The van der Waals surface area contributed by atoms with E-state index in [0.717, 1.165) is 77.2 Å². The molecule has 0 N–H and O–H groups in total. The lowest BCUT2D eigenvalue weighted by molar-refractivity contribution is 0.668. The standard InChI is InChI=1S/C46H26N4O2/c47-27-28-14-16-29(17-15-28)30-18-20-31(21-19-30)34-24-25-38-36-11-5-7-13-40(36)52-43(38)42(34)46-49-44(32-8-2-1-3-9-32)48-45(50-46)33-22-23-37-35-10-4-6-12-39(35)51-41(37)26-33/h1-26H. The first-order valence-corrected chi connectivity index (χ1v) is 17.0. The Morgan fingerprint density at radius 3 is 1.67 bits per heavy atom. The van der Waals surface area contributed by atoms with Crippen LogP contribution in [-0.4, -0.2) is 15.0 Å². The van der Waals surface area contributed by atoms with Gasteiger partial charge in [-0.15, -0.1) is 0 Å². The van der Waals surface area contributed by atoms with Gasteiger partial charge in [0.1, 0.15) is 22.3 Å². The van der Waals surface area contributed by atoms with E-state index in [1.54, 1.807) is 0 Å². The maximum absolute atomic E-state index is 9.26. The van der Waals surface area contributed by atoms with Crippen molar-refractivity contribution in [3.63, 3.8) is 0 Å². The minimum absolute atomic E-state index is 0.504. The Kier molecular flexibility index (Phi) is 6.76. The van der Waals surface area contributed by atoms with Gasteiger partial charge in [-0.3, -0.25) is 0 Å². The third-order valence-corrected chi connectivity index (χ3v) is 9.62. The summed E-state index contributed by atoms with van der Waals surface area (Å²) in [6.07, 6.45) is 0. The molecule has 0 aliphatic carbocycles. The predicted molar refractivity (Wildman–Crippen MR) is 206 cm³/mol. The Bertz CT molecular complexity index is 3010. The monoisotopic (exact) mass is 666 g/mol. The molecule has 0 amide bonds. The predicted octanol–water partition coefficient (Wildman–Crippen LogP) is 11.9. The number of rotatable bonds is 5. The maximum atomic E-state index is 9.26. The Morgan fingerprint density at radius 2 is 0.942 bits per heavy atom. The molecule has 3 heterocycles. The van der Waals surface area contributed by atoms with Gasteiger partial charge in [-0.1, -0.05) is 115 Å². The van der Waals surface area contributed by atoms with Crippen LogP contribution >= 0.6 is 0 Å². The molecule has 10 aromatic rings. The van der Waals surface area contributed by atoms with Gasteiger partial charge in [0.05, 0.1) is 17.2 Å². The zero-order chi connectivity index (χ0) is 34.6. The zero-order valence-corrected chi connectivity index (χ0v) is 27.6. The summed E-state index contributed by atoms with van der Waals surface area (Å²) < 4.78 is 12.9. The topological polar surface area (TPSA) is 88.7 Å². The summed E-state index contributed by atoms with van der Waals surface area (Å²) in [5.41, 5.74) is 10.2. The van der Waals surface area contributed by atoms with E-state index < -0.39 is 0 Å². The van der Waals surface area contributed by atoms with Gasteiger partial charge in [0.15, 0.2) is 17.5 Å². The van der Waals surface area contributed by atoms with Crippen LogP contribution in [0.1, 0.15) is 5.56 Å². The Balaban J connectivity index is 1.20. The Hall–Kier alpha value is -7.36. The number of para-hydroxylation sites is 2. The number of benzene rings is 7. The molecule has 3 aromatic heterocycles. The van der Waals surface area contributed by atoms with Crippen LogP contribution in [-0.2, 0) is 0 Å². The molecule has 0 aliphatic rings. The number of hydrogen-bond acceptors (Lipinski definition) is 6. The third kappa shape index (κ3) is 4.92. The lowest BCUT2D eigenvalue weighted by Crippen LogP contribution is -2.01. The van der Waals surface area contributed by atoms with E-state index in [2.05, 4.69) is 60.7 Å². The SMILES string of the molecule is N#Cc1ccc(-c2ccc(-c3ccc4c(oc5ccccc54)c3-c3nc(-c4ccccc4)nc(-c4ccc5c(c4)oc4ccccc45)n3)cc2)cc1. The Morgan fingerprint density at radius 1 is 0.404 bits per heavy atom. The average molecular weight is 667 g/mol. The molecule has 242 valence electrons. The molecule has 6 nitrogen and oxygen atoms in total. The van der Waals surface area contributed by atoms with E-state index in [4.69, 9.17) is 23.8 Å². The van der Waals surface area contributed by atoms with Crippen molar-refractivity contribution in [2.45, 2.75) is 0 Å². The first kappa shape index (κ1) is 29.5. The number of nitrogens with zero attached hydrogens (tertiary/aromatic N) is 4. The molecule has 52 heavy (non-hydrogen) atoms. The van der Waals surface area contributed by atoms with Gasteiger partial charge in [0.25, 0.3) is 0 Å². The fourth-order valence-electron chi connectivity index (χ4n) is 7.03. The molecule has 0 aliphatic heterocycles. The van der Waals surface area contributed by atoms with Crippen molar-refractivity contribution in [3.8, 4) is 62.5 Å². The van der Waals surface area contributed by atoms with Crippen molar-refractivity contribution in [1.29, 1.82) is 5.26 Å². The van der Waals surface area contributed by atoms with Gasteiger partial charge in [-0.25, -0.2) is 15.0 Å². The summed E-state index contributed by atoms with van der Waals surface area (Å²) in [7, 11) is 0. The van der Waals surface area contributed by atoms with E-state index in [9.17, 15) is 5.26 Å². The number of nitriles is 1. The van der Waals surface area contributed by atoms with Gasteiger partial charge in [-0.2, -0.15) is 5.26 Å². The molecule has 0 radical (unpaired) electrons. The van der Waals surface area contributed by atoms with Crippen LogP contribution in [0.25, 0.3) is 100 Å². The van der Waals surface area contributed by atoms with Crippen LogP contribution in [0.2, 0.25) is 0 Å². The molecule has 0 unspecified atom stereocenters. The highest BCUT2D eigenvalue weighted by Crippen LogP contribution is 2.42. The highest BCUT2D eigenvalue weighted by molar-refractivity contribution is 6.12. The van der Waals surface area contributed by atoms with E-state index in [-0.39, 0.29) is 0 Å². The summed E-state index contributed by atoms with van der Waals surface area (Å²) in [6.45, 7) is 0. The molecular weight excluding hydrogens is 641 g/mol. The molecule has 0 saturated heterocycles. The zero-order valence-electron chi connectivity index (χ0n) is 27.6. The summed E-state index contributed by atoms with van der Waals surface area (Å²) in [5, 5.41) is 13.4. The molecule has 0 bridgehead atoms. The van der Waals surface area contributed by atoms with Crippen LogP contribution < -0.4 is 0 Å². The van der Waals surface area contributed by atoms with Crippen molar-refractivity contribution in [1.82, 2.24) is 15.0 Å². The fraction of sp³-hybridized carbons (Fsp3) is 0. The van der Waals surface area contributed by atoms with Crippen molar-refractivity contribution in [2.24, 2.45) is 0 Å². The lowest BCUT2D eigenvalue weighted by Gasteiger charge is -2.13. The number of hydrogen-bond donors (Lipinski definition) is 0. The second-order valence-corrected chi connectivity index (χ2v) is 12.7. The van der Waals surface area contributed by atoms with Crippen LogP contribution in [0, 0.1) is 11.3 Å². The first-order chi connectivity index (χ1) is 25.7. The molecule has 7 aromatic carbocycles. The molecular formula is C46H26N4O2. The number of fused-ring (bicyclic) bond motifs is 6. The van der Waals surface area contributed by atoms with E-state index >= 15 is 0 Å². The minimum atomic E-state index is 0.504. The lowest BCUT2D eigenvalue weighted by atomic mass is 9.94. The van der Waals surface area contributed by atoms with Crippen LogP contribution in [0.3, 0.4) is 0 Å². The van der Waals surface area contributed by atoms with Crippen LogP contribution in [0.15, 0.2) is 167 Å². The van der Waals surface area contributed by atoms with Gasteiger partial charge in [0, 0.05) is 32.7 Å². The minimum Gasteiger partial charge on any atom is -0.456 e. The highest BCUT2D eigenvalue weighted by Gasteiger charge is 2.22. The third-order valence-electron chi connectivity index (χ3n) is 9.62. The van der Waals surface area contributed by atoms with Crippen molar-refractivity contribution in [2.75, 3.05) is 0 Å². The fourth-order valence-corrected chi connectivity index (χ4v) is 7.03. The number of furan rings is 2. The second-order valence-electron chi connectivity index (χ2n) is 12.7. The first-order valence-electron chi connectivity index (χ1n) is 17.0. The Labute approximate surface area is 297 Å². The highest BCUT2D eigenvalue weighted by atomic mass is 16.3. The van der Waals surface area contributed by atoms with Crippen LogP contribution in [0.5, 0.6) is 0 Å². The van der Waals surface area contributed by atoms with Gasteiger partial charge in [0.2, 0.25) is 0 Å². The maximum Gasteiger partial charge on any atom is 0.168 e. The molecule has 0 atom stereocenters. The van der Waals surface area contributed by atoms with E-state index in [0.29, 0.717) is 28.6 Å². The molecule has 0 spiro atoms. The summed E-state index contributed by atoms with van der Waals surface area (Å²) in [6, 6.07) is 54.7. The van der Waals surface area contributed by atoms with Crippen molar-refractivity contribution in [3.05, 3.63) is 163 Å². The smallest absolute Gasteiger partial charge is 0.168 e. The summed E-state index contributed by atoms with van der Waals surface area (Å²) in [5.74, 6) is 1.59. The average Bonchev–Trinajstić information content (AvgIpc) is 3.79. The number of aromatic nitrogens is 3. The second kappa shape index (κ2) is 11.9. The van der Waals surface area contributed by atoms with Crippen molar-refractivity contribution >= 4 is 43.9 Å². The van der Waals surface area contributed by atoms with Crippen molar-refractivity contribution < 1.29 is 8.83 Å².